The van der Waals surface area contributed by atoms with Gasteiger partial charge in [-0.25, -0.2) is 4.79 Å². The Morgan fingerprint density at radius 1 is 1.07 bits per heavy atom. The molecule has 0 N–H and O–H groups in total. The molecule has 0 aliphatic heterocycles. The van der Waals surface area contributed by atoms with Crippen molar-refractivity contribution in [1.29, 1.82) is 5.26 Å². The summed E-state index contributed by atoms with van der Waals surface area (Å²) in [5.41, 5.74) is 2.52. The summed E-state index contributed by atoms with van der Waals surface area (Å²) >= 11 is 6.25. The standard InChI is InChI=1S/C38H46ClNO5/c1-36(2,3)45-33(41)24-43-19-11-9-8-10-12-25-13-18-30-26(20-25)14-15-27(34(30)42)21-32-37(4,5)35(38(32,6)7)44-29-17-16-28(23-40)31(39)22-29/h13,16-18,20,22,27,32,35H,8-9,11,14-15,19,21,24H2,1-7H3/t27?,32-,35-. The maximum absolute atomic E-state index is 13.6. The van der Waals surface area contributed by atoms with E-state index in [0.29, 0.717) is 28.9 Å². The predicted octanol–water partition coefficient (Wildman–Crippen LogP) is 8.36. The number of carbonyl (C=O) groups excluding carboxylic acids is 2. The number of nitrogens with zero attached hydrogens (tertiary/aromatic N) is 1. The lowest BCUT2D eigenvalue weighted by Crippen LogP contribution is -2.66. The van der Waals surface area contributed by atoms with Gasteiger partial charge in [0.05, 0.1) is 10.6 Å². The molecule has 1 unspecified atom stereocenters. The molecule has 0 saturated heterocycles. The monoisotopic (exact) mass is 631 g/mol. The molecule has 2 aliphatic carbocycles. The number of unbranched alkanes of at least 4 members (excludes halogenated alkanes) is 2. The first-order chi connectivity index (χ1) is 21.1. The van der Waals surface area contributed by atoms with Gasteiger partial charge >= 0.3 is 5.97 Å². The van der Waals surface area contributed by atoms with E-state index in [9.17, 15) is 14.9 Å². The van der Waals surface area contributed by atoms with Gasteiger partial charge in [0.1, 0.15) is 30.1 Å². The minimum atomic E-state index is -0.502. The second-order valence-electron chi connectivity index (χ2n) is 14.6. The number of benzene rings is 2. The van der Waals surface area contributed by atoms with Gasteiger partial charge in [-0.1, -0.05) is 51.1 Å². The lowest BCUT2D eigenvalue weighted by atomic mass is 9.44. The fourth-order valence-electron chi connectivity index (χ4n) is 7.31. The smallest absolute Gasteiger partial charge is 0.332 e. The molecule has 4 rings (SSSR count). The van der Waals surface area contributed by atoms with Crippen LogP contribution in [0.4, 0.5) is 0 Å². The van der Waals surface area contributed by atoms with Crippen molar-refractivity contribution in [3.63, 3.8) is 0 Å². The molecule has 0 radical (unpaired) electrons. The van der Waals surface area contributed by atoms with E-state index in [4.69, 9.17) is 25.8 Å². The van der Waals surface area contributed by atoms with E-state index in [0.717, 1.165) is 55.2 Å². The first-order valence-corrected chi connectivity index (χ1v) is 16.3. The number of nitriles is 1. The molecular formula is C38H46ClNO5. The van der Waals surface area contributed by atoms with Crippen LogP contribution in [0.1, 0.15) is 108 Å². The molecule has 0 heterocycles. The molecule has 2 aromatic carbocycles. The number of fused-ring (bicyclic) bond motifs is 1. The first kappa shape index (κ1) is 34.6. The summed E-state index contributed by atoms with van der Waals surface area (Å²) in [6, 6.07) is 13.3. The number of Topliss-reactive ketones (excluding diaryl/α,β-unsaturated/α-hetero) is 1. The van der Waals surface area contributed by atoms with Gasteiger partial charge in [0, 0.05) is 47.0 Å². The zero-order valence-electron chi connectivity index (χ0n) is 27.7. The first-order valence-electron chi connectivity index (χ1n) is 16.0. The van der Waals surface area contributed by atoms with Crippen molar-refractivity contribution in [3.8, 4) is 23.7 Å². The number of hydrogen-bond donors (Lipinski definition) is 0. The number of carbonyl (C=O) groups is 2. The summed E-state index contributed by atoms with van der Waals surface area (Å²) in [6.07, 6.45) is 4.93. The highest BCUT2D eigenvalue weighted by atomic mass is 35.5. The number of halogens is 1. The minimum Gasteiger partial charge on any atom is -0.489 e. The van der Waals surface area contributed by atoms with Crippen molar-refractivity contribution in [3.05, 3.63) is 63.7 Å². The zero-order valence-corrected chi connectivity index (χ0v) is 28.5. The van der Waals surface area contributed by atoms with Crippen LogP contribution < -0.4 is 4.74 Å². The molecule has 0 spiro atoms. The third-order valence-electron chi connectivity index (χ3n) is 9.20. The van der Waals surface area contributed by atoms with Crippen molar-refractivity contribution in [2.24, 2.45) is 22.7 Å². The van der Waals surface area contributed by atoms with E-state index in [2.05, 4.69) is 51.7 Å². The Morgan fingerprint density at radius 2 is 1.80 bits per heavy atom. The summed E-state index contributed by atoms with van der Waals surface area (Å²) < 4.78 is 17.1. The van der Waals surface area contributed by atoms with Gasteiger partial charge in [-0.2, -0.15) is 5.26 Å². The van der Waals surface area contributed by atoms with Gasteiger partial charge in [0.15, 0.2) is 5.78 Å². The van der Waals surface area contributed by atoms with Gasteiger partial charge in [0.25, 0.3) is 0 Å². The molecule has 7 heteroatoms. The van der Waals surface area contributed by atoms with Gasteiger partial charge in [-0.3, -0.25) is 4.79 Å². The van der Waals surface area contributed by atoms with E-state index in [1.165, 1.54) is 0 Å². The van der Waals surface area contributed by atoms with Gasteiger partial charge in [0.2, 0.25) is 0 Å². The topological polar surface area (TPSA) is 85.6 Å². The van der Waals surface area contributed by atoms with Crippen LogP contribution in [0.15, 0.2) is 36.4 Å². The van der Waals surface area contributed by atoms with E-state index in [1.807, 2.05) is 32.9 Å². The molecule has 45 heavy (non-hydrogen) atoms. The van der Waals surface area contributed by atoms with Crippen molar-refractivity contribution >= 4 is 23.4 Å². The Balaban J connectivity index is 1.27. The summed E-state index contributed by atoms with van der Waals surface area (Å²) in [6.45, 7) is 14.9. The quantitative estimate of drug-likeness (QED) is 0.149. The van der Waals surface area contributed by atoms with Crippen molar-refractivity contribution in [1.82, 2.24) is 0 Å². The summed E-state index contributed by atoms with van der Waals surface area (Å²) in [5, 5.41) is 9.58. The number of rotatable bonds is 10. The van der Waals surface area contributed by atoms with Crippen molar-refractivity contribution < 1.29 is 23.8 Å². The lowest BCUT2D eigenvalue weighted by molar-refractivity contribution is -0.203. The summed E-state index contributed by atoms with van der Waals surface area (Å²) in [5.74, 6) is 7.33. The number of ketones is 1. The molecule has 0 bridgehead atoms. The molecule has 1 fully saturated rings. The SMILES string of the molecule is CC(C)(C)OC(=O)COCCCCC#Cc1ccc2c(c1)CCC(C[C@H]1C(C)(C)[C@H](Oc3ccc(C#N)c(Cl)c3)C1(C)C)C2=O. The Morgan fingerprint density at radius 3 is 2.47 bits per heavy atom. The normalized spacial score (nSPS) is 21.4. The van der Waals surface area contributed by atoms with Gasteiger partial charge < -0.3 is 14.2 Å². The maximum atomic E-state index is 13.6. The Kier molecular flexibility index (Phi) is 10.7. The van der Waals surface area contributed by atoms with Crippen molar-refractivity contribution in [2.75, 3.05) is 13.2 Å². The Labute approximate surface area is 273 Å². The second kappa shape index (κ2) is 14.0. The Hall–Kier alpha value is -3.32. The fraction of sp³-hybridized carbons (Fsp3) is 0.553. The van der Waals surface area contributed by atoms with Crippen LogP contribution in [-0.4, -0.2) is 36.7 Å². The molecule has 1 atom stereocenters. The second-order valence-corrected chi connectivity index (χ2v) is 15.0. The number of ether oxygens (including phenoxy) is 3. The maximum Gasteiger partial charge on any atom is 0.332 e. The number of esters is 1. The van der Waals surface area contributed by atoms with Crippen molar-refractivity contribution in [2.45, 2.75) is 98.7 Å². The van der Waals surface area contributed by atoms with E-state index in [-0.39, 0.29) is 41.2 Å². The predicted molar refractivity (Wildman–Crippen MR) is 176 cm³/mol. The minimum absolute atomic E-state index is 0.0131. The van der Waals surface area contributed by atoms with E-state index >= 15 is 0 Å². The average molecular weight is 632 g/mol. The van der Waals surface area contributed by atoms with Crippen LogP contribution in [0.3, 0.4) is 0 Å². The summed E-state index contributed by atoms with van der Waals surface area (Å²) in [7, 11) is 0. The van der Waals surface area contributed by atoms with E-state index < -0.39 is 5.60 Å². The van der Waals surface area contributed by atoms with Crippen LogP contribution in [0.5, 0.6) is 5.75 Å². The third-order valence-corrected chi connectivity index (χ3v) is 9.51. The average Bonchev–Trinajstić information content (AvgIpc) is 2.95. The number of aryl methyl sites for hydroxylation is 1. The number of hydrogen-bond acceptors (Lipinski definition) is 6. The molecule has 240 valence electrons. The largest absolute Gasteiger partial charge is 0.489 e. The fourth-order valence-corrected chi connectivity index (χ4v) is 7.52. The van der Waals surface area contributed by atoms with Crippen LogP contribution >= 0.6 is 11.6 Å². The Bertz CT molecular complexity index is 1500. The van der Waals surface area contributed by atoms with E-state index in [1.54, 1.807) is 18.2 Å². The third kappa shape index (κ3) is 8.29. The molecule has 1 saturated carbocycles. The summed E-state index contributed by atoms with van der Waals surface area (Å²) in [4.78, 5) is 25.3. The van der Waals surface area contributed by atoms with Crippen LogP contribution in [0, 0.1) is 45.8 Å². The van der Waals surface area contributed by atoms with Crippen LogP contribution in [0.25, 0.3) is 0 Å². The molecule has 6 nitrogen and oxygen atoms in total. The molecule has 2 aliphatic rings. The highest BCUT2D eigenvalue weighted by Crippen LogP contribution is 2.62. The van der Waals surface area contributed by atoms with Crippen LogP contribution in [-0.2, 0) is 20.7 Å². The molecule has 0 aromatic heterocycles. The van der Waals surface area contributed by atoms with Gasteiger partial charge in [-0.15, -0.1) is 0 Å². The van der Waals surface area contributed by atoms with Gasteiger partial charge in [-0.05, 0) is 94.7 Å². The highest BCUT2D eigenvalue weighted by molar-refractivity contribution is 6.31. The zero-order chi connectivity index (χ0) is 33.0. The highest BCUT2D eigenvalue weighted by Gasteiger charge is 2.63. The lowest BCUT2D eigenvalue weighted by Gasteiger charge is -2.64. The molecule has 2 aromatic rings. The molecular weight excluding hydrogens is 586 g/mol. The van der Waals surface area contributed by atoms with Crippen LogP contribution in [0.2, 0.25) is 5.02 Å². The molecule has 0 amide bonds.